The Morgan fingerprint density at radius 2 is 1.63 bits per heavy atom. The van der Waals surface area contributed by atoms with Crippen LogP contribution >= 0.6 is 0 Å². The third-order valence-electron chi connectivity index (χ3n) is 10.1. The average Bonchev–Trinajstić information content (AvgIpc) is 3.47. The summed E-state index contributed by atoms with van der Waals surface area (Å²) in [5, 5.41) is 3.47. The molecule has 2 aromatic carbocycles. The number of carbonyl (C=O) groups excluding carboxylic acids is 2. The first kappa shape index (κ1) is 28.0. The van der Waals surface area contributed by atoms with Gasteiger partial charge in [0.05, 0.1) is 12.6 Å². The summed E-state index contributed by atoms with van der Waals surface area (Å²) in [5.41, 5.74) is 1.91. The Morgan fingerprint density at radius 3 is 2.35 bits per heavy atom. The fourth-order valence-electron chi connectivity index (χ4n) is 8.65. The van der Waals surface area contributed by atoms with Crippen molar-refractivity contribution in [2.45, 2.75) is 56.7 Å². The molecule has 8 nitrogen and oxygen atoms in total. The summed E-state index contributed by atoms with van der Waals surface area (Å²) in [6.07, 6.45) is 9.23. The summed E-state index contributed by atoms with van der Waals surface area (Å²) >= 11 is 0. The molecule has 0 spiro atoms. The lowest BCUT2D eigenvalue weighted by atomic mass is 9.53. The summed E-state index contributed by atoms with van der Waals surface area (Å²) in [5.74, 6) is 3.60. The number of hydrogen-bond acceptors (Lipinski definition) is 4. The van der Waals surface area contributed by atoms with Gasteiger partial charge in [0, 0.05) is 44.2 Å². The molecule has 226 valence electrons. The van der Waals surface area contributed by atoms with Crippen LogP contribution in [0, 0.1) is 17.8 Å². The predicted molar refractivity (Wildman–Crippen MR) is 164 cm³/mol. The highest BCUT2D eigenvalue weighted by atomic mass is 16.5. The molecule has 1 N–H and O–H groups in total. The number of fused-ring (bicyclic) bond motifs is 1. The summed E-state index contributed by atoms with van der Waals surface area (Å²) < 4.78 is 13.7. The van der Waals surface area contributed by atoms with Gasteiger partial charge in [-0.1, -0.05) is 30.3 Å². The third-order valence-corrected chi connectivity index (χ3v) is 10.1. The van der Waals surface area contributed by atoms with Gasteiger partial charge in [0.1, 0.15) is 18.0 Å². The largest absolute Gasteiger partial charge is 0.457 e. The predicted octanol–water partition coefficient (Wildman–Crippen LogP) is 5.84. The Bertz CT molecular complexity index is 1420. The van der Waals surface area contributed by atoms with Crippen LogP contribution in [0.3, 0.4) is 0 Å². The molecule has 4 aliphatic carbocycles. The Balaban J connectivity index is 1.11. The lowest BCUT2D eigenvalue weighted by Crippen LogP contribution is -2.62. The van der Waals surface area contributed by atoms with Gasteiger partial charge in [-0.05, 0) is 98.2 Å². The summed E-state index contributed by atoms with van der Waals surface area (Å²) in [6, 6.07) is 21.4. The molecule has 1 atom stereocenters. The monoisotopic (exact) mass is 582 g/mol. The molecule has 1 aliphatic heterocycles. The number of carbonyl (C=O) groups is 2. The summed E-state index contributed by atoms with van der Waals surface area (Å²) in [6.45, 7) is 2.04. The van der Waals surface area contributed by atoms with Crippen LogP contribution in [0.5, 0.6) is 11.5 Å². The van der Waals surface area contributed by atoms with E-state index in [1.165, 1.54) is 19.3 Å². The minimum Gasteiger partial charge on any atom is -0.457 e. The fraction of sp³-hybridized carbons (Fsp3) is 0.486. The van der Waals surface area contributed by atoms with E-state index in [0.29, 0.717) is 26.2 Å². The highest BCUT2D eigenvalue weighted by molar-refractivity contribution is 5.85. The molecule has 2 heterocycles. The number of methoxy groups -OCH3 is 1. The van der Waals surface area contributed by atoms with Crippen LogP contribution in [0.1, 0.15) is 55.8 Å². The van der Waals surface area contributed by atoms with Gasteiger partial charge < -0.3 is 29.2 Å². The number of urea groups is 1. The highest BCUT2D eigenvalue weighted by Crippen LogP contribution is 2.55. The number of benzene rings is 2. The standard InChI is InChI=1S/C35H42N4O4/c1-42-16-15-38(34(41)36-35-21-25-17-26(22-35)19-27(18-25)23-35)24-32(40)39-14-13-37-12-6-11-31(37)33(39)28-7-5-10-30(20-28)43-29-8-3-2-4-9-29/h2-12,20,25-27,33H,13-19,21-24H2,1H3,(H,36,41). The van der Waals surface area contributed by atoms with E-state index < -0.39 is 0 Å². The minimum atomic E-state index is -0.286. The van der Waals surface area contributed by atoms with E-state index in [1.807, 2.05) is 65.6 Å². The first-order valence-corrected chi connectivity index (χ1v) is 15.8. The van der Waals surface area contributed by atoms with Gasteiger partial charge in [0.15, 0.2) is 0 Å². The number of aromatic nitrogens is 1. The van der Waals surface area contributed by atoms with Gasteiger partial charge in [-0.15, -0.1) is 0 Å². The molecule has 3 aromatic rings. The van der Waals surface area contributed by atoms with E-state index in [9.17, 15) is 9.59 Å². The van der Waals surface area contributed by atoms with Crippen LogP contribution in [-0.2, 0) is 16.1 Å². The van der Waals surface area contributed by atoms with Crippen molar-refractivity contribution in [3.63, 3.8) is 0 Å². The van der Waals surface area contributed by atoms with E-state index in [1.54, 1.807) is 12.0 Å². The van der Waals surface area contributed by atoms with Gasteiger partial charge in [0.2, 0.25) is 5.91 Å². The van der Waals surface area contributed by atoms with Crippen LogP contribution in [0.2, 0.25) is 0 Å². The van der Waals surface area contributed by atoms with Gasteiger partial charge in [-0.25, -0.2) is 4.79 Å². The number of nitrogens with one attached hydrogen (secondary N) is 1. The molecule has 5 aliphatic rings. The molecule has 4 saturated carbocycles. The summed E-state index contributed by atoms with van der Waals surface area (Å²) in [7, 11) is 1.64. The molecular weight excluding hydrogens is 540 g/mol. The molecule has 43 heavy (non-hydrogen) atoms. The SMILES string of the molecule is COCCN(CC(=O)N1CCn2cccc2C1c1cccc(Oc2ccccc2)c1)C(=O)NC12CC3CC(CC(C3)C1)C2. The smallest absolute Gasteiger partial charge is 0.318 e. The second-order valence-corrected chi connectivity index (χ2v) is 13.1. The van der Waals surface area contributed by atoms with E-state index >= 15 is 0 Å². The van der Waals surface area contributed by atoms with Gasteiger partial charge in [0.25, 0.3) is 0 Å². The number of rotatable bonds is 9. The van der Waals surface area contributed by atoms with Crippen LogP contribution in [-0.4, -0.2) is 65.2 Å². The number of ether oxygens (including phenoxy) is 2. The van der Waals surface area contributed by atoms with Crippen molar-refractivity contribution >= 4 is 11.9 Å². The van der Waals surface area contributed by atoms with E-state index in [2.05, 4.69) is 22.1 Å². The normalized spacial score (nSPS) is 27.0. The Labute approximate surface area is 253 Å². The zero-order valence-electron chi connectivity index (χ0n) is 25.0. The molecular formula is C35H42N4O4. The van der Waals surface area contributed by atoms with Crippen LogP contribution in [0.25, 0.3) is 0 Å². The molecule has 1 aromatic heterocycles. The Hall–Kier alpha value is -3.78. The Kier molecular flexibility index (Phi) is 7.63. The first-order chi connectivity index (χ1) is 21.0. The second-order valence-electron chi connectivity index (χ2n) is 13.1. The minimum absolute atomic E-state index is 0.0129. The van der Waals surface area contributed by atoms with Crippen LogP contribution in [0.15, 0.2) is 72.9 Å². The van der Waals surface area contributed by atoms with Gasteiger partial charge >= 0.3 is 6.03 Å². The lowest BCUT2D eigenvalue weighted by Gasteiger charge is -2.57. The van der Waals surface area contributed by atoms with Crippen LogP contribution < -0.4 is 10.1 Å². The van der Waals surface area contributed by atoms with Crippen molar-refractivity contribution in [3.05, 3.63) is 84.2 Å². The molecule has 0 saturated heterocycles. The van der Waals surface area contributed by atoms with Crippen molar-refractivity contribution < 1.29 is 19.1 Å². The molecule has 8 heteroatoms. The van der Waals surface area contributed by atoms with E-state index in [0.717, 1.165) is 59.8 Å². The van der Waals surface area contributed by atoms with Crippen molar-refractivity contribution in [1.82, 2.24) is 19.7 Å². The average molecular weight is 583 g/mol. The molecule has 3 amide bonds. The molecule has 8 rings (SSSR count). The molecule has 0 radical (unpaired) electrons. The van der Waals surface area contributed by atoms with Crippen molar-refractivity contribution in [2.75, 3.05) is 33.4 Å². The second kappa shape index (κ2) is 11.7. The number of nitrogens with zero attached hydrogens (tertiary/aromatic N) is 3. The van der Waals surface area contributed by atoms with Crippen molar-refractivity contribution in [3.8, 4) is 11.5 Å². The highest BCUT2D eigenvalue weighted by Gasteiger charge is 2.52. The zero-order valence-corrected chi connectivity index (χ0v) is 25.0. The number of amides is 3. The fourth-order valence-corrected chi connectivity index (χ4v) is 8.65. The maximum atomic E-state index is 14.2. The summed E-state index contributed by atoms with van der Waals surface area (Å²) in [4.78, 5) is 31.6. The van der Waals surface area contributed by atoms with E-state index in [-0.39, 0.29) is 30.1 Å². The molecule has 1 unspecified atom stereocenters. The first-order valence-electron chi connectivity index (χ1n) is 15.8. The molecule has 4 bridgehead atoms. The topological polar surface area (TPSA) is 76.0 Å². The maximum Gasteiger partial charge on any atom is 0.318 e. The van der Waals surface area contributed by atoms with Crippen LogP contribution in [0.4, 0.5) is 4.79 Å². The Morgan fingerprint density at radius 1 is 0.907 bits per heavy atom. The van der Waals surface area contributed by atoms with Gasteiger partial charge in [-0.3, -0.25) is 4.79 Å². The maximum absolute atomic E-state index is 14.2. The third kappa shape index (κ3) is 5.77. The number of para-hydroxylation sites is 1. The number of hydrogen-bond donors (Lipinski definition) is 1. The molecule has 4 fully saturated rings. The zero-order chi connectivity index (χ0) is 29.4. The van der Waals surface area contributed by atoms with Crippen molar-refractivity contribution in [2.24, 2.45) is 17.8 Å². The van der Waals surface area contributed by atoms with Gasteiger partial charge in [-0.2, -0.15) is 0 Å². The lowest BCUT2D eigenvalue weighted by molar-refractivity contribution is -0.134. The quantitative estimate of drug-likeness (QED) is 0.344. The van der Waals surface area contributed by atoms with E-state index in [4.69, 9.17) is 9.47 Å². The van der Waals surface area contributed by atoms with Crippen molar-refractivity contribution in [1.29, 1.82) is 0 Å².